The minimum atomic E-state index is -2.87. The van der Waals surface area contributed by atoms with Crippen molar-refractivity contribution in [1.29, 1.82) is 0 Å². The van der Waals surface area contributed by atoms with Gasteiger partial charge in [0.2, 0.25) is 17.7 Å². The number of ether oxygens (including phenoxy) is 1. The van der Waals surface area contributed by atoms with Gasteiger partial charge >= 0.3 is 0 Å². The molecule has 9 nitrogen and oxygen atoms in total. The standard InChI is InChI=1S/C34H44F2N4O5/c1-33(12-2-3-13-33)32(44)38-15-10-21(11-16-38)23-18-39(19-23)29-27(5-4-14-34(29,35)36)45-24-6-7-25-22(17-24)20-40(31(25)43)26-8-9-28(41)37-30(26)42/h6-7,17,21,23,26-27,29H,2-5,8-16,18-20H2,1H3,(H,37,41,42)/t26?,27-,29-/m0/s1. The maximum absolute atomic E-state index is 15.5. The number of rotatable bonds is 6. The highest BCUT2D eigenvalue weighted by molar-refractivity contribution is 6.05. The van der Waals surface area contributed by atoms with Gasteiger partial charge in [-0.05, 0) is 80.5 Å². The van der Waals surface area contributed by atoms with E-state index in [1.807, 2.05) is 9.80 Å². The Hall–Kier alpha value is -3.08. The van der Waals surface area contributed by atoms with Crippen LogP contribution >= 0.6 is 0 Å². The lowest BCUT2D eigenvalue weighted by Gasteiger charge is -2.53. The number of nitrogens with one attached hydrogen (secondary N) is 1. The topological polar surface area (TPSA) is 99.3 Å². The number of fused-ring (bicyclic) bond motifs is 1. The van der Waals surface area contributed by atoms with E-state index in [2.05, 4.69) is 12.2 Å². The molecule has 4 aliphatic heterocycles. The van der Waals surface area contributed by atoms with E-state index in [0.717, 1.165) is 51.6 Å². The molecule has 1 aromatic carbocycles. The van der Waals surface area contributed by atoms with Crippen LogP contribution in [-0.4, -0.2) is 88.6 Å². The van der Waals surface area contributed by atoms with Gasteiger partial charge in [-0.1, -0.05) is 19.8 Å². The van der Waals surface area contributed by atoms with Gasteiger partial charge in [0, 0.05) is 56.5 Å². The molecule has 0 spiro atoms. The lowest BCUT2D eigenvalue weighted by Crippen LogP contribution is -2.66. The van der Waals surface area contributed by atoms with Gasteiger partial charge in [0.15, 0.2) is 0 Å². The number of piperidine rings is 2. The van der Waals surface area contributed by atoms with Crippen LogP contribution in [0.5, 0.6) is 5.75 Å². The van der Waals surface area contributed by atoms with Crippen LogP contribution in [0.2, 0.25) is 0 Å². The zero-order chi connectivity index (χ0) is 31.5. The second kappa shape index (κ2) is 11.6. The molecule has 3 saturated heterocycles. The van der Waals surface area contributed by atoms with Crippen LogP contribution in [0, 0.1) is 17.3 Å². The number of alkyl halides is 2. The van der Waals surface area contributed by atoms with Crippen molar-refractivity contribution < 1.29 is 32.7 Å². The molecule has 4 amide bonds. The van der Waals surface area contributed by atoms with Crippen LogP contribution in [-0.2, 0) is 20.9 Å². The summed E-state index contributed by atoms with van der Waals surface area (Å²) in [6.07, 6.45) is 6.61. The molecule has 0 radical (unpaired) electrons. The second-order valence-electron chi connectivity index (χ2n) is 14.6. The van der Waals surface area contributed by atoms with E-state index in [-0.39, 0.29) is 43.0 Å². The molecule has 1 aromatic rings. The molecule has 2 saturated carbocycles. The van der Waals surface area contributed by atoms with E-state index in [9.17, 15) is 19.2 Å². The number of hydrogen-bond acceptors (Lipinski definition) is 6. The minimum absolute atomic E-state index is 0.155. The van der Waals surface area contributed by atoms with Crippen LogP contribution in [0.15, 0.2) is 18.2 Å². The third kappa shape index (κ3) is 5.63. The van der Waals surface area contributed by atoms with E-state index in [0.29, 0.717) is 60.6 Å². The van der Waals surface area contributed by atoms with Crippen LogP contribution in [0.3, 0.4) is 0 Å². The predicted molar refractivity (Wildman–Crippen MR) is 160 cm³/mol. The summed E-state index contributed by atoms with van der Waals surface area (Å²) in [4.78, 5) is 55.6. The Kier molecular flexibility index (Phi) is 7.89. The fraction of sp³-hybridized carbons (Fsp3) is 0.706. The molecule has 244 valence electrons. The first kappa shape index (κ1) is 30.6. The van der Waals surface area contributed by atoms with Gasteiger partial charge < -0.3 is 14.5 Å². The number of hydrogen-bond donors (Lipinski definition) is 1. The molecular weight excluding hydrogens is 582 g/mol. The Morgan fingerprint density at radius 3 is 2.40 bits per heavy atom. The first-order chi connectivity index (χ1) is 21.5. The lowest BCUT2D eigenvalue weighted by atomic mass is 9.76. The van der Waals surface area contributed by atoms with E-state index >= 15 is 8.78 Å². The Labute approximate surface area is 263 Å². The van der Waals surface area contributed by atoms with Gasteiger partial charge in [0.05, 0.1) is 0 Å². The zero-order valence-corrected chi connectivity index (χ0v) is 26.1. The number of amides is 4. The van der Waals surface area contributed by atoms with Crippen molar-refractivity contribution in [2.45, 2.75) is 108 Å². The smallest absolute Gasteiger partial charge is 0.266 e. The Balaban J connectivity index is 0.969. The summed E-state index contributed by atoms with van der Waals surface area (Å²) in [6.45, 7) is 5.09. The van der Waals surface area contributed by atoms with Gasteiger partial charge in [-0.25, -0.2) is 8.78 Å². The van der Waals surface area contributed by atoms with E-state index < -0.39 is 30.0 Å². The summed E-state index contributed by atoms with van der Waals surface area (Å²) in [7, 11) is 0. The lowest BCUT2D eigenvalue weighted by molar-refractivity contribution is -0.173. The van der Waals surface area contributed by atoms with Crippen LogP contribution in [0.1, 0.15) is 93.5 Å². The summed E-state index contributed by atoms with van der Waals surface area (Å²) in [5.41, 5.74) is 0.952. The molecule has 5 fully saturated rings. The average molecular weight is 627 g/mol. The zero-order valence-electron chi connectivity index (χ0n) is 26.1. The van der Waals surface area contributed by atoms with Gasteiger partial charge in [0.1, 0.15) is 23.9 Å². The number of imide groups is 1. The maximum atomic E-state index is 15.5. The van der Waals surface area contributed by atoms with Crippen LogP contribution in [0.4, 0.5) is 8.78 Å². The third-order valence-corrected chi connectivity index (χ3v) is 11.6. The number of halogens is 2. The van der Waals surface area contributed by atoms with Gasteiger partial charge in [-0.3, -0.25) is 29.4 Å². The summed E-state index contributed by atoms with van der Waals surface area (Å²) >= 11 is 0. The minimum Gasteiger partial charge on any atom is -0.489 e. The third-order valence-electron chi connectivity index (χ3n) is 11.6. The van der Waals surface area contributed by atoms with Crippen molar-refractivity contribution >= 4 is 23.6 Å². The number of likely N-dealkylation sites (tertiary alicyclic amines) is 2. The quantitative estimate of drug-likeness (QED) is 0.477. The highest BCUT2D eigenvalue weighted by Gasteiger charge is 2.55. The fourth-order valence-corrected chi connectivity index (χ4v) is 8.94. The normalized spacial score (nSPS) is 30.6. The molecular formula is C34H44F2N4O5. The number of benzene rings is 1. The average Bonchev–Trinajstić information content (AvgIpc) is 3.57. The molecule has 11 heteroatoms. The number of carbonyl (C=O) groups is 4. The molecule has 0 aromatic heterocycles. The van der Waals surface area contributed by atoms with Gasteiger partial charge in [0.25, 0.3) is 11.8 Å². The van der Waals surface area contributed by atoms with Crippen LogP contribution in [0.25, 0.3) is 0 Å². The highest BCUT2D eigenvalue weighted by Crippen LogP contribution is 2.45. The molecule has 0 bridgehead atoms. The predicted octanol–water partition coefficient (Wildman–Crippen LogP) is 4.13. The van der Waals surface area contributed by atoms with Crippen molar-refractivity contribution in [2.24, 2.45) is 17.3 Å². The fourth-order valence-electron chi connectivity index (χ4n) is 8.94. The van der Waals surface area contributed by atoms with Gasteiger partial charge in [-0.15, -0.1) is 0 Å². The van der Waals surface area contributed by atoms with E-state index in [1.165, 1.54) is 4.90 Å². The largest absolute Gasteiger partial charge is 0.489 e. The Morgan fingerprint density at radius 1 is 0.956 bits per heavy atom. The summed E-state index contributed by atoms with van der Waals surface area (Å²) in [5, 5.41) is 2.31. The van der Waals surface area contributed by atoms with Crippen molar-refractivity contribution in [3.8, 4) is 5.75 Å². The van der Waals surface area contributed by atoms with E-state index in [1.54, 1.807) is 18.2 Å². The number of carbonyl (C=O) groups excluding carboxylic acids is 4. The Bertz CT molecular complexity index is 1370. The molecule has 1 N–H and O–H groups in total. The molecule has 6 aliphatic rings. The molecule has 4 heterocycles. The maximum Gasteiger partial charge on any atom is 0.266 e. The van der Waals surface area contributed by atoms with Crippen molar-refractivity contribution in [1.82, 2.24) is 20.0 Å². The summed E-state index contributed by atoms with van der Waals surface area (Å²) in [6, 6.07) is 3.33. The Morgan fingerprint density at radius 2 is 1.69 bits per heavy atom. The molecule has 3 atom stereocenters. The first-order valence-corrected chi connectivity index (χ1v) is 16.9. The summed E-state index contributed by atoms with van der Waals surface area (Å²) in [5.74, 6) is -2.40. The monoisotopic (exact) mass is 626 g/mol. The molecule has 7 rings (SSSR count). The molecule has 45 heavy (non-hydrogen) atoms. The van der Waals surface area contributed by atoms with E-state index in [4.69, 9.17) is 4.74 Å². The SMILES string of the molecule is CC1(C(=O)N2CCC(C3CN([C@H]4[C@@H](Oc5ccc6c(c5)CN(C5CCC(=O)NC5=O)C6=O)CCCC4(F)F)C3)CC2)CCCC1. The van der Waals surface area contributed by atoms with Crippen molar-refractivity contribution in [3.05, 3.63) is 29.3 Å². The van der Waals surface area contributed by atoms with Gasteiger partial charge in [-0.2, -0.15) is 0 Å². The second-order valence-corrected chi connectivity index (χ2v) is 14.6. The number of nitrogens with zero attached hydrogens (tertiary/aromatic N) is 3. The summed E-state index contributed by atoms with van der Waals surface area (Å²) < 4.78 is 37.3. The van der Waals surface area contributed by atoms with Crippen molar-refractivity contribution in [2.75, 3.05) is 26.2 Å². The van der Waals surface area contributed by atoms with Crippen LogP contribution < -0.4 is 10.1 Å². The molecule has 1 unspecified atom stereocenters. The van der Waals surface area contributed by atoms with Crippen molar-refractivity contribution in [3.63, 3.8) is 0 Å². The molecule has 2 aliphatic carbocycles. The first-order valence-electron chi connectivity index (χ1n) is 16.9. The highest BCUT2D eigenvalue weighted by atomic mass is 19.3.